The average Bonchev–Trinajstić information content (AvgIpc) is 2.97. The summed E-state index contributed by atoms with van der Waals surface area (Å²) >= 11 is 0. The van der Waals surface area contributed by atoms with E-state index in [0.717, 1.165) is 10.8 Å². The van der Waals surface area contributed by atoms with Crippen molar-refractivity contribution in [3.05, 3.63) is 84.9 Å². The van der Waals surface area contributed by atoms with Crippen molar-refractivity contribution in [2.45, 2.75) is 65.2 Å². The number of hydrogen-bond donors (Lipinski definition) is 2. The second-order valence-electron chi connectivity index (χ2n) is 12.6. The Kier molecular flexibility index (Phi) is 12.0. The van der Waals surface area contributed by atoms with Gasteiger partial charge in [-0.15, -0.1) is 0 Å². The van der Waals surface area contributed by atoms with Crippen molar-refractivity contribution in [3.63, 3.8) is 0 Å². The minimum atomic E-state index is -4.82. The summed E-state index contributed by atoms with van der Waals surface area (Å²) in [5.74, 6) is -3.13. The second kappa shape index (κ2) is 15.2. The highest BCUT2D eigenvalue weighted by atomic mass is 19.4. The van der Waals surface area contributed by atoms with Gasteiger partial charge in [0, 0.05) is 43.2 Å². The number of amides is 1. The molecule has 0 aliphatic rings. The average molecular weight is 679 g/mol. The first-order chi connectivity index (χ1) is 22.3. The lowest BCUT2D eigenvalue weighted by Gasteiger charge is -2.27. The lowest BCUT2D eigenvalue weighted by atomic mass is 9.93. The minimum Gasteiger partial charge on any atom is -0.496 e. The quantitative estimate of drug-likeness (QED) is 0.244. The highest BCUT2D eigenvalue weighted by Gasteiger charge is 2.36. The van der Waals surface area contributed by atoms with Crippen molar-refractivity contribution >= 4 is 11.9 Å². The normalized spacial score (nSPS) is 13.1. The van der Waals surface area contributed by atoms with Gasteiger partial charge in [-0.2, -0.15) is 13.2 Å². The van der Waals surface area contributed by atoms with Gasteiger partial charge in [-0.1, -0.05) is 13.8 Å². The summed E-state index contributed by atoms with van der Waals surface area (Å²) in [6, 6.07) is 1.92. The highest BCUT2D eigenvalue weighted by Crippen LogP contribution is 2.35. The molecule has 0 aliphatic carbocycles. The molecular weight excluding hydrogens is 636 g/mol. The van der Waals surface area contributed by atoms with Gasteiger partial charge in [0.25, 0.3) is 11.1 Å². The van der Waals surface area contributed by atoms with Crippen LogP contribution in [-0.4, -0.2) is 58.8 Å². The summed E-state index contributed by atoms with van der Waals surface area (Å²) < 4.78 is 65.3. The molecule has 2 aromatic heterocycles. The number of aromatic nitrogens is 2. The Morgan fingerprint density at radius 1 is 1.08 bits per heavy atom. The number of benzene rings is 1. The number of halogens is 4. The lowest BCUT2D eigenvalue weighted by molar-refractivity contribution is -0.139. The Hall–Kier alpha value is -4.46. The summed E-state index contributed by atoms with van der Waals surface area (Å²) in [4.78, 5) is 54.1. The molecule has 0 aliphatic heterocycles. The van der Waals surface area contributed by atoms with E-state index in [1.54, 1.807) is 52.9 Å². The fourth-order valence-corrected chi connectivity index (χ4v) is 5.53. The number of carbonyl (C=O) groups is 2. The van der Waals surface area contributed by atoms with Gasteiger partial charge < -0.3 is 29.2 Å². The summed E-state index contributed by atoms with van der Waals surface area (Å²) in [5.41, 5.74) is -2.10. The Morgan fingerprint density at radius 2 is 1.73 bits per heavy atom. The van der Waals surface area contributed by atoms with Crippen LogP contribution in [0.5, 0.6) is 5.75 Å². The third-order valence-electron chi connectivity index (χ3n) is 8.13. The van der Waals surface area contributed by atoms with Crippen LogP contribution in [0.25, 0.3) is 11.1 Å². The molecule has 3 aromatic rings. The maximum Gasteiger partial charge on any atom is 0.416 e. The number of aliphatic carboxylic acids is 1. The van der Waals surface area contributed by atoms with Gasteiger partial charge in [-0.05, 0) is 75.5 Å². The number of nitrogens with one attached hydrogen (secondary N) is 1. The van der Waals surface area contributed by atoms with Crippen molar-refractivity contribution in [2.24, 2.45) is 13.0 Å². The SMILES string of the molecule is COc1cc(C)n(C)c(=O)c1-c1cc(C)c(F)c([C@@H](CC(=O)O)NC(=O)[C@H](CC(C)C)n2cc(CCN(C)C)c(C(F)(F)F)cc2=O)c1. The van der Waals surface area contributed by atoms with E-state index in [2.05, 4.69) is 5.32 Å². The van der Waals surface area contributed by atoms with Crippen molar-refractivity contribution in [1.82, 2.24) is 19.4 Å². The van der Waals surface area contributed by atoms with Crippen LogP contribution in [0.15, 0.2) is 40.1 Å². The van der Waals surface area contributed by atoms with Gasteiger partial charge >= 0.3 is 12.1 Å². The van der Waals surface area contributed by atoms with Gasteiger partial charge in [0.2, 0.25) is 5.91 Å². The fourth-order valence-electron chi connectivity index (χ4n) is 5.53. The molecule has 0 bridgehead atoms. The third kappa shape index (κ3) is 8.71. The first kappa shape index (κ1) is 38.0. The van der Waals surface area contributed by atoms with E-state index in [1.807, 2.05) is 0 Å². The Morgan fingerprint density at radius 3 is 2.27 bits per heavy atom. The molecule has 0 fully saturated rings. The van der Waals surface area contributed by atoms with E-state index in [4.69, 9.17) is 4.74 Å². The molecule has 2 atom stereocenters. The molecule has 262 valence electrons. The molecule has 3 rings (SSSR count). The van der Waals surface area contributed by atoms with Crippen molar-refractivity contribution < 1.29 is 37.0 Å². The number of hydrogen-bond acceptors (Lipinski definition) is 6. The fraction of sp³-hybridized carbons (Fsp3) is 0.471. The molecule has 1 aromatic carbocycles. The standard InChI is InChI=1S/C34H42F4N4O6/c1-18(2)11-26(42-17-21(9-10-40(5)6)24(15-28(42)43)34(36,37)38)32(46)39-25(16-29(44)45)23-14-22(12-19(3)31(23)35)30-27(48-8)13-20(4)41(7)33(30)47/h12-15,17-18,25-26H,9-11,16H2,1-8H3,(H,39,46)(H,44,45)/t25-,26+/m1/s1. The Labute approximate surface area is 275 Å². The summed E-state index contributed by atoms with van der Waals surface area (Å²) in [6.45, 7) is 6.85. The molecule has 10 nitrogen and oxygen atoms in total. The molecule has 2 heterocycles. The zero-order valence-electron chi connectivity index (χ0n) is 28.3. The van der Waals surface area contributed by atoms with Crippen LogP contribution < -0.4 is 21.2 Å². The molecule has 0 radical (unpaired) electrons. The van der Waals surface area contributed by atoms with Crippen molar-refractivity contribution in [2.75, 3.05) is 27.7 Å². The molecule has 48 heavy (non-hydrogen) atoms. The first-order valence-corrected chi connectivity index (χ1v) is 15.3. The van der Waals surface area contributed by atoms with Crippen LogP contribution in [-0.2, 0) is 29.2 Å². The molecule has 1 amide bonds. The number of carboxylic acids is 1. The number of methoxy groups -OCH3 is 1. The summed E-state index contributed by atoms with van der Waals surface area (Å²) in [5, 5.41) is 12.3. The van der Waals surface area contributed by atoms with Gasteiger partial charge in [-0.3, -0.25) is 19.2 Å². The van der Waals surface area contributed by atoms with Gasteiger partial charge in [0.15, 0.2) is 0 Å². The topological polar surface area (TPSA) is 123 Å². The van der Waals surface area contributed by atoms with Crippen molar-refractivity contribution in [1.29, 1.82) is 0 Å². The first-order valence-electron chi connectivity index (χ1n) is 15.3. The maximum atomic E-state index is 15.8. The van der Waals surface area contributed by atoms with Crippen LogP contribution in [0, 0.1) is 25.6 Å². The molecule has 0 unspecified atom stereocenters. The zero-order valence-corrected chi connectivity index (χ0v) is 28.3. The van der Waals surface area contributed by atoms with Crippen LogP contribution >= 0.6 is 0 Å². The van der Waals surface area contributed by atoms with Gasteiger partial charge in [0.05, 0.1) is 30.7 Å². The van der Waals surface area contributed by atoms with Crippen LogP contribution in [0.2, 0.25) is 0 Å². The van der Waals surface area contributed by atoms with E-state index in [0.29, 0.717) is 11.8 Å². The number of carboxylic acid groups (broad SMARTS) is 1. The number of likely N-dealkylation sites (N-methyl/N-ethyl adjacent to an activating group) is 1. The zero-order chi connectivity index (χ0) is 36.2. The second-order valence-corrected chi connectivity index (χ2v) is 12.6. The molecule has 0 saturated heterocycles. The Balaban J connectivity index is 2.19. The van der Waals surface area contributed by atoms with E-state index >= 15 is 4.39 Å². The summed E-state index contributed by atoms with van der Waals surface area (Å²) in [6.07, 6.45) is -4.64. The maximum absolute atomic E-state index is 15.8. The number of carbonyl (C=O) groups excluding carboxylic acids is 1. The smallest absolute Gasteiger partial charge is 0.416 e. The number of nitrogens with zero attached hydrogens (tertiary/aromatic N) is 3. The van der Waals surface area contributed by atoms with Gasteiger partial charge in [0.1, 0.15) is 17.6 Å². The van der Waals surface area contributed by atoms with Crippen LogP contribution in [0.3, 0.4) is 0 Å². The molecule has 14 heteroatoms. The number of pyridine rings is 2. The van der Waals surface area contributed by atoms with Crippen LogP contribution in [0.4, 0.5) is 17.6 Å². The van der Waals surface area contributed by atoms with Crippen LogP contribution in [0.1, 0.15) is 66.7 Å². The predicted octanol–water partition coefficient (Wildman–Crippen LogP) is 5.02. The number of aryl methyl sites for hydroxylation is 2. The number of ether oxygens (including phenoxy) is 1. The largest absolute Gasteiger partial charge is 0.496 e. The minimum absolute atomic E-state index is 0.00216. The molecule has 0 spiro atoms. The van der Waals surface area contributed by atoms with E-state index < -0.39 is 59.1 Å². The van der Waals surface area contributed by atoms with E-state index in [1.165, 1.54) is 30.7 Å². The monoisotopic (exact) mass is 678 g/mol. The van der Waals surface area contributed by atoms with Gasteiger partial charge in [-0.25, -0.2) is 4.39 Å². The summed E-state index contributed by atoms with van der Waals surface area (Å²) in [7, 11) is 6.29. The van der Waals surface area contributed by atoms with Crippen molar-refractivity contribution in [3.8, 4) is 16.9 Å². The molecule has 2 N–H and O–H groups in total. The Bertz CT molecular complexity index is 1800. The number of alkyl halides is 3. The van der Waals surface area contributed by atoms with E-state index in [9.17, 15) is 37.5 Å². The lowest BCUT2D eigenvalue weighted by Crippen LogP contribution is -2.41. The molecular formula is C34H42F4N4O6. The molecule has 0 saturated carbocycles. The third-order valence-corrected chi connectivity index (χ3v) is 8.13. The predicted molar refractivity (Wildman–Crippen MR) is 173 cm³/mol. The highest BCUT2D eigenvalue weighted by molar-refractivity contribution is 5.82. The van der Waals surface area contributed by atoms with E-state index in [-0.39, 0.29) is 58.9 Å². The number of rotatable bonds is 13.